The van der Waals surface area contributed by atoms with Gasteiger partial charge in [0.05, 0.1) is 22.8 Å². The van der Waals surface area contributed by atoms with Gasteiger partial charge in [-0.1, -0.05) is 18.2 Å². The molecule has 0 radical (unpaired) electrons. The monoisotopic (exact) mass is 502 g/mol. The van der Waals surface area contributed by atoms with Crippen molar-refractivity contribution in [3.63, 3.8) is 0 Å². The zero-order valence-electron chi connectivity index (χ0n) is 19.2. The van der Waals surface area contributed by atoms with Crippen molar-refractivity contribution < 1.29 is 32.6 Å². The van der Waals surface area contributed by atoms with Gasteiger partial charge < -0.3 is 14.9 Å². The van der Waals surface area contributed by atoms with Crippen molar-refractivity contribution in [3.05, 3.63) is 58.9 Å². The maximum absolute atomic E-state index is 14.0. The minimum absolute atomic E-state index is 0.103. The molecule has 8 nitrogen and oxygen atoms in total. The van der Waals surface area contributed by atoms with Crippen LogP contribution in [0.3, 0.4) is 0 Å². The Bertz CT molecular complexity index is 1320. The molecule has 1 saturated carbocycles. The van der Waals surface area contributed by atoms with Crippen LogP contribution < -0.4 is 9.46 Å². The minimum Gasteiger partial charge on any atom is -0.492 e. The summed E-state index contributed by atoms with van der Waals surface area (Å²) in [5.74, 6) is -1.06. The fourth-order valence-corrected chi connectivity index (χ4v) is 6.22. The molecule has 0 spiro atoms. The van der Waals surface area contributed by atoms with Crippen LogP contribution in [0, 0.1) is 11.7 Å². The van der Waals surface area contributed by atoms with Gasteiger partial charge in [0.15, 0.2) is 0 Å². The third kappa shape index (κ3) is 4.78. The summed E-state index contributed by atoms with van der Waals surface area (Å²) in [5.41, 5.74) is -0.166. The lowest BCUT2D eigenvalue weighted by Crippen LogP contribution is -2.29. The second kappa shape index (κ2) is 8.61. The molecule has 1 saturated heterocycles. The van der Waals surface area contributed by atoms with Crippen LogP contribution in [0.2, 0.25) is 0 Å². The summed E-state index contributed by atoms with van der Waals surface area (Å²) in [7, 11) is -4.25. The van der Waals surface area contributed by atoms with Crippen molar-refractivity contribution in [1.29, 1.82) is 0 Å². The SMILES string of the molecule is CC1(O)CCN(C/C=C\c2cc(F)ccc2S(=O)(=O)Nc2ccc3c(c2C(=O)O)OC[C@@H]2C[C@H]32)C1. The highest BCUT2D eigenvalue weighted by atomic mass is 32.2. The van der Waals surface area contributed by atoms with Crippen LogP contribution >= 0.6 is 0 Å². The molecule has 2 aliphatic heterocycles. The zero-order chi connectivity index (χ0) is 25.0. The molecule has 3 atom stereocenters. The second-order valence-corrected chi connectivity index (χ2v) is 11.4. The highest BCUT2D eigenvalue weighted by Crippen LogP contribution is 2.55. The number of carboxylic acid groups (broad SMARTS) is 1. The van der Waals surface area contributed by atoms with Gasteiger partial charge in [0, 0.05) is 25.6 Å². The Hall–Kier alpha value is -2.95. The zero-order valence-corrected chi connectivity index (χ0v) is 20.0. The first-order chi connectivity index (χ1) is 16.5. The molecule has 10 heteroatoms. The first kappa shape index (κ1) is 23.8. The number of hydrogen-bond acceptors (Lipinski definition) is 6. The largest absolute Gasteiger partial charge is 0.492 e. The number of anilines is 1. The van der Waals surface area contributed by atoms with Gasteiger partial charge in [0.2, 0.25) is 0 Å². The Balaban J connectivity index is 1.43. The summed E-state index contributed by atoms with van der Waals surface area (Å²) < 4.78 is 48.7. The molecule has 2 aromatic carbocycles. The highest BCUT2D eigenvalue weighted by Gasteiger charge is 2.45. The molecule has 2 heterocycles. The molecular formula is C25H27FN2O6S. The summed E-state index contributed by atoms with van der Waals surface area (Å²) in [4.78, 5) is 13.9. The van der Waals surface area contributed by atoms with Gasteiger partial charge >= 0.3 is 5.97 Å². The van der Waals surface area contributed by atoms with Crippen LogP contribution in [0.5, 0.6) is 5.75 Å². The predicted molar refractivity (Wildman–Crippen MR) is 128 cm³/mol. The Labute approximate surface area is 203 Å². The Morgan fingerprint density at radius 3 is 2.86 bits per heavy atom. The van der Waals surface area contributed by atoms with E-state index in [1.807, 2.05) is 4.90 Å². The van der Waals surface area contributed by atoms with E-state index in [9.17, 15) is 27.8 Å². The molecule has 35 heavy (non-hydrogen) atoms. The summed E-state index contributed by atoms with van der Waals surface area (Å²) in [6, 6.07) is 6.47. The molecule has 2 fully saturated rings. The van der Waals surface area contributed by atoms with E-state index < -0.39 is 27.4 Å². The first-order valence-electron chi connectivity index (χ1n) is 11.5. The molecule has 186 valence electrons. The van der Waals surface area contributed by atoms with Crippen LogP contribution in [0.15, 0.2) is 41.3 Å². The molecule has 1 unspecified atom stereocenters. The number of rotatable bonds is 7. The molecule has 2 aromatic rings. The van der Waals surface area contributed by atoms with Crippen LogP contribution in [0.4, 0.5) is 10.1 Å². The number of hydrogen-bond donors (Lipinski definition) is 3. The quantitative estimate of drug-likeness (QED) is 0.532. The summed E-state index contributed by atoms with van der Waals surface area (Å²) in [6.07, 6.45) is 4.81. The normalized spacial score (nSPS) is 25.7. The molecule has 0 aromatic heterocycles. The lowest BCUT2D eigenvalue weighted by molar-refractivity contribution is 0.0688. The van der Waals surface area contributed by atoms with Gasteiger partial charge in [-0.15, -0.1) is 0 Å². The molecule has 0 amide bonds. The smallest absolute Gasteiger partial charge is 0.341 e. The van der Waals surface area contributed by atoms with Crippen molar-refractivity contribution in [2.75, 3.05) is 31.0 Å². The maximum Gasteiger partial charge on any atom is 0.341 e. The summed E-state index contributed by atoms with van der Waals surface area (Å²) >= 11 is 0. The number of carboxylic acids is 1. The number of carbonyl (C=O) groups is 1. The maximum atomic E-state index is 14.0. The van der Waals surface area contributed by atoms with E-state index in [0.29, 0.717) is 38.6 Å². The second-order valence-electron chi connectivity index (χ2n) is 9.80. The van der Waals surface area contributed by atoms with E-state index >= 15 is 0 Å². The average Bonchev–Trinajstić information content (AvgIpc) is 3.49. The van der Waals surface area contributed by atoms with Crippen molar-refractivity contribution in [3.8, 4) is 5.75 Å². The standard InChI is InChI=1S/C25H27FN2O6S/c1-25(31)8-10-28(14-25)9-2-3-15-11-17(26)4-7-21(15)35(32,33)27-20-6-5-18-19-12-16(19)13-34-23(18)22(20)24(29)30/h2-7,11,16,19,27,31H,8-10,12-14H2,1H3,(H,29,30)/b3-2-/t16-,19-,25?/m0/s1. The number of halogens is 1. The number of nitrogens with one attached hydrogen (secondary N) is 1. The van der Waals surface area contributed by atoms with E-state index in [-0.39, 0.29) is 33.4 Å². The van der Waals surface area contributed by atoms with Crippen molar-refractivity contribution in [1.82, 2.24) is 4.90 Å². The minimum atomic E-state index is -4.25. The number of nitrogens with zero attached hydrogens (tertiary/aromatic N) is 1. The summed E-state index contributed by atoms with van der Waals surface area (Å²) in [5, 5.41) is 19.9. The number of fused-ring (bicyclic) bond motifs is 3. The fraction of sp³-hybridized carbons (Fsp3) is 0.400. The number of benzene rings is 2. The number of β-amino-alcohol motifs (C(OH)–C–C–N with tert-alkyl or cyclic N) is 1. The topological polar surface area (TPSA) is 116 Å². The van der Waals surface area contributed by atoms with Gasteiger partial charge in [0.25, 0.3) is 10.0 Å². The number of ether oxygens (including phenoxy) is 1. The molecule has 5 rings (SSSR count). The van der Waals surface area contributed by atoms with E-state index in [2.05, 4.69) is 4.72 Å². The van der Waals surface area contributed by atoms with Crippen molar-refractivity contribution in [2.24, 2.45) is 5.92 Å². The Kier molecular flexibility index (Phi) is 5.85. The van der Waals surface area contributed by atoms with E-state index in [0.717, 1.165) is 30.2 Å². The van der Waals surface area contributed by atoms with Crippen LogP contribution in [0.1, 0.15) is 47.2 Å². The Morgan fingerprint density at radius 2 is 2.14 bits per heavy atom. The number of aliphatic hydroxyl groups is 1. The third-order valence-electron chi connectivity index (χ3n) is 6.86. The van der Waals surface area contributed by atoms with Crippen LogP contribution in [-0.4, -0.2) is 61.3 Å². The lowest BCUT2D eigenvalue weighted by Gasteiger charge is -2.21. The van der Waals surface area contributed by atoms with Gasteiger partial charge in [-0.2, -0.15) is 0 Å². The van der Waals surface area contributed by atoms with Crippen LogP contribution in [0.25, 0.3) is 6.08 Å². The lowest BCUT2D eigenvalue weighted by atomic mass is 10.0. The van der Waals surface area contributed by atoms with Gasteiger partial charge in [-0.3, -0.25) is 9.62 Å². The van der Waals surface area contributed by atoms with Gasteiger partial charge in [-0.25, -0.2) is 17.6 Å². The first-order valence-corrected chi connectivity index (χ1v) is 13.0. The summed E-state index contributed by atoms with van der Waals surface area (Å²) in [6.45, 7) is 3.83. The van der Waals surface area contributed by atoms with Gasteiger partial charge in [0.1, 0.15) is 17.1 Å². The number of likely N-dealkylation sites (tertiary alicyclic amines) is 1. The third-order valence-corrected chi connectivity index (χ3v) is 8.30. The van der Waals surface area contributed by atoms with Gasteiger partial charge in [-0.05, 0) is 61.1 Å². The fourth-order valence-electron chi connectivity index (χ4n) is 4.96. The molecular weight excluding hydrogens is 475 g/mol. The van der Waals surface area contributed by atoms with E-state index in [1.54, 1.807) is 19.1 Å². The van der Waals surface area contributed by atoms with Crippen molar-refractivity contribution >= 4 is 27.8 Å². The average molecular weight is 503 g/mol. The highest BCUT2D eigenvalue weighted by molar-refractivity contribution is 7.92. The van der Waals surface area contributed by atoms with Crippen molar-refractivity contribution in [2.45, 2.75) is 36.2 Å². The predicted octanol–water partition coefficient (Wildman–Crippen LogP) is 3.29. The molecule has 0 bridgehead atoms. The number of aromatic carboxylic acids is 1. The molecule has 1 aliphatic carbocycles. The van der Waals surface area contributed by atoms with Crippen LogP contribution in [-0.2, 0) is 10.0 Å². The molecule has 3 aliphatic rings. The van der Waals surface area contributed by atoms with E-state index in [4.69, 9.17) is 4.74 Å². The van der Waals surface area contributed by atoms with E-state index in [1.165, 1.54) is 12.1 Å². The number of sulfonamides is 1. The Morgan fingerprint density at radius 1 is 1.34 bits per heavy atom. The molecule has 3 N–H and O–H groups in total.